The molecule has 20 heavy (non-hydrogen) atoms. The highest BCUT2D eigenvalue weighted by Crippen LogP contribution is 2.35. The van der Waals surface area contributed by atoms with E-state index in [1.54, 1.807) is 0 Å². The van der Waals surface area contributed by atoms with Gasteiger partial charge in [-0.25, -0.2) is 0 Å². The van der Waals surface area contributed by atoms with E-state index in [9.17, 15) is 4.79 Å². The van der Waals surface area contributed by atoms with E-state index in [0.717, 1.165) is 18.4 Å². The van der Waals surface area contributed by atoms with Crippen LogP contribution in [0.15, 0.2) is 30.3 Å². The molecule has 110 valence electrons. The number of carbonyl (C=O) groups excluding carboxylic acids is 1. The lowest BCUT2D eigenvalue weighted by molar-refractivity contribution is -0.130. The quantitative estimate of drug-likeness (QED) is 0.856. The largest absolute Gasteiger partial charge is 0.381 e. The molecule has 1 amide bonds. The van der Waals surface area contributed by atoms with Gasteiger partial charge in [0.15, 0.2) is 0 Å². The summed E-state index contributed by atoms with van der Waals surface area (Å²) in [7, 11) is 1.90. The third-order valence-electron chi connectivity index (χ3n) is 4.17. The predicted octanol–water partition coefficient (Wildman–Crippen LogP) is 1.46. The Balaban J connectivity index is 2.17. The lowest BCUT2D eigenvalue weighted by atomic mass is 9.73. The van der Waals surface area contributed by atoms with Crippen LogP contribution in [-0.4, -0.2) is 38.8 Å². The number of carbonyl (C=O) groups is 1. The zero-order chi connectivity index (χ0) is 14.4. The van der Waals surface area contributed by atoms with E-state index in [0.29, 0.717) is 19.8 Å². The molecule has 1 aliphatic heterocycles. The van der Waals surface area contributed by atoms with Gasteiger partial charge in [0.1, 0.15) is 0 Å². The van der Waals surface area contributed by atoms with Gasteiger partial charge >= 0.3 is 0 Å². The Bertz CT molecular complexity index is 427. The molecule has 1 saturated heterocycles. The number of rotatable bonds is 5. The number of nitrogens with one attached hydrogen (secondary N) is 2. The first kappa shape index (κ1) is 15.0. The number of amides is 1. The van der Waals surface area contributed by atoms with Crippen molar-refractivity contribution in [2.24, 2.45) is 0 Å². The van der Waals surface area contributed by atoms with Crippen molar-refractivity contribution in [2.45, 2.75) is 31.2 Å². The second-order valence-corrected chi connectivity index (χ2v) is 5.46. The molecule has 1 aliphatic rings. The molecular formula is C16H24N2O2. The monoisotopic (exact) mass is 276 g/mol. The summed E-state index contributed by atoms with van der Waals surface area (Å²) >= 11 is 0. The van der Waals surface area contributed by atoms with Gasteiger partial charge in [0, 0.05) is 25.8 Å². The van der Waals surface area contributed by atoms with Gasteiger partial charge in [-0.2, -0.15) is 0 Å². The van der Waals surface area contributed by atoms with Crippen molar-refractivity contribution in [2.75, 3.05) is 26.8 Å². The summed E-state index contributed by atoms with van der Waals surface area (Å²) < 4.78 is 5.45. The third kappa shape index (κ3) is 3.19. The van der Waals surface area contributed by atoms with Gasteiger partial charge < -0.3 is 15.4 Å². The number of hydrogen-bond acceptors (Lipinski definition) is 3. The van der Waals surface area contributed by atoms with Crippen molar-refractivity contribution in [1.29, 1.82) is 0 Å². The van der Waals surface area contributed by atoms with Crippen molar-refractivity contribution < 1.29 is 9.53 Å². The summed E-state index contributed by atoms with van der Waals surface area (Å²) in [4.78, 5) is 12.7. The lowest BCUT2D eigenvalue weighted by Gasteiger charge is -2.36. The maximum Gasteiger partial charge on any atom is 0.230 e. The minimum Gasteiger partial charge on any atom is -0.381 e. The summed E-state index contributed by atoms with van der Waals surface area (Å²) in [5.41, 5.74) is 0.658. The van der Waals surface area contributed by atoms with Crippen molar-refractivity contribution in [3.63, 3.8) is 0 Å². The lowest BCUT2D eigenvalue weighted by Crippen LogP contribution is -2.50. The van der Waals surface area contributed by atoms with Crippen LogP contribution in [0.1, 0.15) is 25.3 Å². The molecular weight excluding hydrogens is 252 g/mol. The van der Waals surface area contributed by atoms with E-state index in [-0.39, 0.29) is 11.9 Å². The Hall–Kier alpha value is -1.39. The molecule has 1 aromatic rings. The Morgan fingerprint density at radius 1 is 1.30 bits per heavy atom. The Kier molecular flexibility index (Phi) is 5.15. The van der Waals surface area contributed by atoms with Gasteiger partial charge in [0.2, 0.25) is 5.91 Å². The molecule has 0 spiro atoms. The molecule has 0 aliphatic carbocycles. The predicted molar refractivity (Wildman–Crippen MR) is 79.7 cm³/mol. The second-order valence-electron chi connectivity index (χ2n) is 5.46. The van der Waals surface area contributed by atoms with Crippen LogP contribution in [0.25, 0.3) is 0 Å². The normalized spacial score (nSPS) is 19.3. The Labute approximate surface area is 120 Å². The highest BCUT2D eigenvalue weighted by Gasteiger charge is 2.41. The summed E-state index contributed by atoms with van der Waals surface area (Å²) in [6, 6.07) is 10.3. The SMILES string of the molecule is CNC(C)CNC(=O)C1(c2ccccc2)CCOCC1. The van der Waals surface area contributed by atoms with E-state index in [1.165, 1.54) is 0 Å². The summed E-state index contributed by atoms with van der Waals surface area (Å²) in [6.45, 7) is 3.98. The molecule has 0 bridgehead atoms. The van der Waals surface area contributed by atoms with E-state index >= 15 is 0 Å². The van der Waals surface area contributed by atoms with E-state index < -0.39 is 5.41 Å². The third-order valence-corrected chi connectivity index (χ3v) is 4.17. The van der Waals surface area contributed by atoms with Crippen molar-refractivity contribution >= 4 is 5.91 Å². The minimum absolute atomic E-state index is 0.120. The molecule has 1 aromatic carbocycles. The van der Waals surface area contributed by atoms with Crippen LogP contribution in [0.4, 0.5) is 0 Å². The fourth-order valence-electron chi connectivity index (χ4n) is 2.64. The van der Waals surface area contributed by atoms with Crippen LogP contribution in [0.2, 0.25) is 0 Å². The van der Waals surface area contributed by atoms with Crippen LogP contribution < -0.4 is 10.6 Å². The van der Waals surface area contributed by atoms with E-state index in [1.807, 2.05) is 37.4 Å². The standard InChI is InChI=1S/C16H24N2O2/c1-13(17-2)12-18-15(19)16(8-10-20-11-9-16)14-6-4-3-5-7-14/h3-7,13,17H,8-12H2,1-2H3,(H,18,19). The fraction of sp³-hybridized carbons (Fsp3) is 0.562. The van der Waals surface area contributed by atoms with Gasteiger partial charge in [0.05, 0.1) is 5.41 Å². The first-order valence-electron chi connectivity index (χ1n) is 7.28. The molecule has 4 heteroatoms. The molecule has 2 rings (SSSR count). The summed E-state index contributed by atoms with van der Waals surface area (Å²) in [5, 5.41) is 6.22. The van der Waals surface area contributed by atoms with Gasteiger partial charge in [-0.1, -0.05) is 30.3 Å². The number of hydrogen-bond donors (Lipinski definition) is 2. The Morgan fingerprint density at radius 3 is 2.55 bits per heavy atom. The number of ether oxygens (including phenoxy) is 1. The van der Waals surface area contributed by atoms with Crippen LogP contribution in [-0.2, 0) is 14.9 Å². The zero-order valence-corrected chi connectivity index (χ0v) is 12.3. The summed E-state index contributed by atoms with van der Waals surface area (Å²) in [5.74, 6) is 0.120. The fourth-order valence-corrected chi connectivity index (χ4v) is 2.64. The maximum atomic E-state index is 12.7. The Morgan fingerprint density at radius 2 is 1.95 bits per heavy atom. The van der Waals surface area contributed by atoms with Gasteiger partial charge in [0.25, 0.3) is 0 Å². The number of likely N-dealkylation sites (N-methyl/N-ethyl adjacent to an activating group) is 1. The van der Waals surface area contributed by atoms with E-state index in [2.05, 4.69) is 17.6 Å². The molecule has 2 N–H and O–H groups in total. The molecule has 0 saturated carbocycles. The first-order chi connectivity index (χ1) is 9.69. The van der Waals surface area contributed by atoms with Gasteiger partial charge in [-0.3, -0.25) is 4.79 Å². The maximum absolute atomic E-state index is 12.7. The summed E-state index contributed by atoms with van der Waals surface area (Å²) in [6.07, 6.45) is 1.49. The second kappa shape index (κ2) is 6.86. The van der Waals surface area contributed by atoms with Crippen LogP contribution in [0.3, 0.4) is 0 Å². The minimum atomic E-state index is -0.438. The van der Waals surface area contributed by atoms with Gasteiger partial charge in [-0.05, 0) is 32.4 Å². The van der Waals surface area contributed by atoms with Crippen LogP contribution >= 0.6 is 0 Å². The van der Waals surface area contributed by atoms with Crippen LogP contribution in [0.5, 0.6) is 0 Å². The molecule has 1 fully saturated rings. The van der Waals surface area contributed by atoms with Crippen molar-refractivity contribution in [1.82, 2.24) is 10.6 Å². The average Bonchev–Trinajstić information content (AvgIpc) is 2.53. The molecule has 0 radical (unpaired) electrons. The van der Waals surface area contributed by atoms with E-state index in [4.69, 9.17) is 4.74 Å². The van der Waals surface area contributed by atoms with Crippen molar-refractivity contribution in [3.05, 3.63) is 35.9 Å². The topological polar surface area (TPSA) is 50.4 Å². The molecule has 4 nitrogen and oxygen atoms in total. The van der Waals surface area contributed by atoms with Crippen LogP contribution in [0, 0.1) is 0 Å². The van der Waals surface area contributed by atoms with Crippen molar-refractivity contribution in [3.8, 4) is 0 Å². The first-order valence-corrected chi connectivity index (χ1v) is 7.28. The smallest absolute Gasteiger partial charge is 0.230 e. The van der Waals surface area contributed by atoms with Gasteiger partial charge in [-0.15, -0.1) is 0 Å². The molecule has 1 heterocycles. The molecule has 0 aromatic heterocycles. The molecule has 1 atom stereocenters. The highest BCUT2D eigenvalue weighted by atomic mass is 16.5. The highest BCUT2D eigenvalue weighted by molar-refractivity contribution is 5.88. The zero-order valence-electron chi connectivity index (χ0n) is 12.3. The number of benzene rings is 1. The average molecular weight is 276 g/mol. The molecule has 1 unspecified atom stereocenters.